The van der Waals surface area contributed by atoms with Crippen molar-refractivity contribution in [3.8, 4) is 11.1 Å². The molecule has 34 heavy (non-hydrogen) atoms. The number of rotatable bonds is 12. The van der Waals surface area contributed by atoms with E-state index in [4.69, 9.17) is 9.84 Å². The molecule has 0 spiro atoms. The van der Waals surface area contributed by atoms with E-state index in [2.05, 4.69) is 34.9 Å². The van der Waals surface area contributed by atoms with Crippen LogP contribution in [-0.4, -0.2) is 54.0 Å². The van der Waals surface area contributed by atoms with E-state index in [1.165, 1.54) is 22.3 Å². The van der Waals surface area contributed by atoms with E-state index in [9.17, 15) is 19.5 Å². The van der Waals surface area contributed by atoms with E-state index < -0.39 is 24.6 Å². The molecular weight excluding hydrogens is 436 g/mol. The van der Waals surface area contributed by atoms with Gasteiger partial charge in [-0.3, -0.25) is 9.59 Å². The molecule has 8 nitrogen and oxygen atoms in total. The SMILES string of the molecule is CC(CCNC(=O)OCC1c2ccccc2-c2ccccc21)CCC(=O)NCC(O)CC(=O)O. The predicted molar refractivity (Wildman–Crippen MR) is 127 cm³/mol. The second-order valence-corrected chi connectivity index (χ2v) is 8.74. The Labute approximate surface area is 199 Å². The predicted octanol–water partition coefficient (Wildman–Crippen LogP) is 3.28. The third-order valence-electron chi connectivity index (χ3n) is 6.06. The molecule has 0 saturated carbocycles. The van der Waals surface area contributed by atoms with Crippen LogP contribution in [-0.2, 0) is 14.3 Å². The lowest BCUT2D eigenvalue weighted by molar-refractivity contribution is -0.139. The number of aliphatic hydroxyl groups excluding tert-OH is 1. The van der Waals surface area contributed by atoms with Gasteiger partial charge >= 0.3 is 12.1 Å². The van der Waals surface area contributed by atoms with Crippen LogP contribution in [0.15, 0.2) is 48.5 Å². The van der Waals surface area contributed by atoms with E-state index in [-0.39, 0.29) is 37.3 Å². The Morgan fingerprint density at radius 3 is 2.21 bits per heavy atom. The Kier molecular flexibility index (Phi) is 9.04. The van der Waals surface area contributed by atoms with Crippen LogP contribution in [0, 0.1) is 5.92 Å². The summed E-state index contributed by atoms with van der Waals surface area (Å²) in [7, 11) is 0. The number of amides is 2. The van der Waals surface area contributed by atoms with Crippen LogP contribution >= 0.6 is 0 Å². The van der Waals surface area contributed by atoms with Gasteiger partial charge in [-0.15, -0.1) is 0 Å². The number of hydrogen-bond donors (Lipinski definition) is 4. The van der Waals surface area contributed by atoms with Gasteiger partial charge < -0.3 is 25.6 Å². The second-order valence-electron chi connectivity index (χ2n) is 8.74. The molecule has 8 heteroatoms. The molecule has 0 bridgehead atoms. The first-order valence-corrected chi connectivity index (χ1v) is 11.6. The third kappa shape index (κ3) is 7.05. The number of carbonyl (C=O) groups excluding carboxylic acids is 2. The van der Waals surface area contributed by atoms with Crippen LogP contribution in [0.5, 0.6) is 0 Å². The molecule has 0 aromatic heterocycles. The molecule has 0 radical (unpaired) electrons. The minimum Gasteiger partial charge on any atom is -0.481 e. The molecule has 2 aromatic carbocycles. The first-order chi connectivity index (χ1) is 16.3. The summed E-state index contributed by atoms with van der Waals surface area (Å²) in [6.45, 7) is 2.62. The molecular formula is C26H32N2O6. The smallest absolute Gasteiger partial charge is 0.407 e. The molecule has 2 amide bonds. The fourth-order valence-electron chi connectivity index (χ4n) is 4.19. The van der Waals surface area contributed by atoms with Crippen LogP contribution in [0.4, 0.5) is 4.79 Å². The summed E-state index contributed by atoms with van der Waals surface area (Å²) in [5, 5.41) is 23.4. The summed E-state index contributed by atoms with van der Waals surface area (Å²) in [6, 6.07) is 16.4. The summed E-state index contributed by atoms with van der Waals surface area (Å²) in [4.78, 5) is 34.6. The first-order valence-electron chi connectivity index (χ1n) is 11.6. The summed E-state index contributed by atoms with van der Waals surface area (Å²) < 4.78 is 5.52. The molecule has 2 aromatic rings. The highest BCUT2D eigenvalue weighted by Crippen LogP contribution is 2.44. The Bertz CT molecular complexity index is 963. The molecule has 0 heterocycles. The fourth-order valence-corrected chi connectivity index (χ4v) is 4.19. The van der Waals surface area contributed by atoms with E-state index >= 15 is 0 Å². The van der Waals surface area contributed by atoms with E-state index in [0.717, 1.165) is 0 Å². The summed E-state index contributed by atoms with van der Waals surface area (Å²) in [5.41, 5.74) is 4.69. The number of alkyl carbamates (subject to hydrolysis) is 1. The summed E-state index contributed by atoms with van der Waals surface area (Å²) >= 11 is 0. The Morgan fingerprint density at radius 2 is 1.59 bits per heavy atom. The van der Waals surface area contributed by atoms with Crippen LogP contribution in [0.1, 0.15) is 49.7 Å². The number of hydrogen-bond acceptors (Lipinski definition) is 5. The van der Waals surface area contributed by atoms with Gasteiger partial charge in [0.2, 0.25) is 5.91 Å². The first kappa shape index (κ1) is 25.2. The number of nitrogens with one attached hydrogen (secondary N) is 2. The van der Waals surface area contributed by atoms with Gasteiger partial charge in [-0.25, -0.2) is 4.79 Å². The van der Waals surface area contributed by atoms with Gasteiger partial charge in [0.05, 0.1) is 12.5 Å². The van der Waals surface area contributed by atoms with Crippen molar-refractivity contribution in [2.45, 2.75) is 44.6 Å². The maximum atomic E-state index is 12.2. The van der Waals surface area contributed by atoms with Gasteiger partial charge in [-0.1, -0.05) is 55.5 Å². The standard InChI is InChI=1S/C26H32N2O6/c1-17(10-11-24(30)28-15-18(29)14-25(31)32)12-13-27-26(33)34-16-23-21-8-4-2-6-19(21)20-7-3-5-9-22(20)23/h2-9,17-18,23,29H,10-16H2,1H3,(H,27,33)(H,28,30)(H,31,32). The lowest BCUT2D eigenvalue weighted by Gasteiger charge is -2.15. The highest BCUT2D eigenvalue weighted by Gasteiger charge is 2.28. The van der Waals surface area contributed by atoms with Crippen molar-refractivity contribution in [3.05, 3.63) is 59.7 Å². The molecule has 0 aliphatic heterocycles. The lowest BCUT2D eigenvalue weighted by Crippen LogP contribution is -2.33. The highest BCUT2D eigenvalue weighted by atomic mass is 16.5. The monoisotopic (exact) mass is 468 g/mol. The van der Waals surface area contributed by atoms with Crippen LogP contribution < -0.4 is 10.6 Å². The Morgan fingerprint density at radius 1 is 0.971 bits per heavy atom. The fraction of sp³-hybridized carbons (Fsp3) is 0.423. The van der Waals surface area contributed by atoms with Crippen LogP contribution in [0.2, 0.25) is 0 Å². The summed E-state index contributed by atoms with van der Waals surface area (Å²) in [5.74, 6) is -1.13. The third-order valence-corrected chi connectivity index (χ3v) is 6.06. The number of benzene rings is 2. The quantitative estimate of drug-likeness (QED) is 0.379. The molecule has 182 valence electrons. The van der Waals surface area contributed by atoms with Crippen molar-refractivity contribution in [2.75, 3.05) is 19.7 Å². The van der Waals surface area contributed by atoms with Gasteiger partial charge in [-0.2, -0.15) is 0 Å². The number of ether oxygens (including phenoxy) is 1. The number of carboxylic acids is 1. The molecule has 3 rings (SSSR count). The van der Waals surface area contributed by atoms with Crippen molar-refractivity contribution < 1.29 is 29.3 Å². The van der Waals surface area contributed by atoms with E-state index in [1.807, 2.05) is 31.2 Å². The molecule has 1 aliphatic rings. The topological polar surface area (TPSA) is 125 Å². The number of carboxylic acid groups (broad SMARTS) is 1. The molecule has 0 saturated heterocycles. The molecule has 2 unspecified atom stereocenters. The van der Waals surface area contributed by atoms with Gasteiger partial charge in [0.25, 0.3) is 0 Å². The van der Waals surface area contributed by atoms with Crippen LogP contribution in [0.3, 0.4) is 0 Å². The molecule has 0 fully saturated rings. The maximum absolute atomic E-state index is 12.2. The largest absolute Gasteiger partial charge is 0.481 e. The number of carbonyl (C=O) groups is 3. The van der Waals surface area contributed by atoms with Crippen LogP contribution in [0.25, 0.3) is 11.1 Å². The normalized spacial score (nSPS) is 13.9. The van der Waals surface area contributed by atoms with Crippen molar-refractivity contribution in [1.82, 2.24) is 10.6 Å². The Balaban J connectivity index is 1.34. The molecule has 2 atom stereocenters. The zero-order valence-electron chi connectivity index (χ0n) is 19.3. The van der Waals surface area contributed by atoms with Crippen molar-refractivity contribution in [2.24, 2.45) is 5.92 Å². The second kappa shape index (κ2) is 12.2. The van der Waals surface area contributed by atoms with Gasteiger partial charge in [0.1, 0.15) is 6.61 Å². The minimum absolute atomic E-state index is 0.0182. The number of fused-ring (bicyclic) bond motifs is 3. The Hall–Kier alpha value is -3.39. The van der Waals surface area contributed by atoms with Crippen molar-refractivity contribution in [1.29, 1.82) is 0 Å². The van der Waals surface area contributed by atoms with Gasteiger partial charge in [0.15, 0.2) is 0 Å². The average molecular weight is 469 g/mol. The number of aliphatic carboxylic acids is 1. The maximum Gasteiger partial charge on any atom is 0.407 e. The van der Waals surface area contributed by atoms with Gasteiger partial charge in [-0.05, 0) is 41.0 Å². The zero-order chi connectivity index (χ0) is 24.5. The number of aliphatic hydroxyl groups is 1. The molecule has 4 N–H and O–H groups in total. The van der Waals surface area contributed by atoms with E-state index in [1.54, 1.807) is 0 Å². The molecule has 1 aliphatic carbocycles. The van der Waals surface area contributed by atoms with Crippen molar-refractivity contribution >= 4 is 18.0 Å². The van der Waals surface area contributed by atoms with Crippen molar-refractivity contribution in [3.63, 3.8) is 0 Å². The highest BCUT2D eigenvalue weighted by molar-refractivity contribution is 5.79. The zero-order valence-corrected chi connectivity index (χ0v) is 19.3. The van der Waals surface area contributed by atoms with Gasteiger partial charge in [0, 0.05) is 25.4 Å². The summed E-state index contributed by atoms with van der Waals surface area (Å²) in [6.07, 6.45) is -0.379. The minimum atomic E-state index is -1.11. The average Bonchev–Trinajstić information content (AvgIpc) is 3.13. The lowest BCUT2D eigenvalue weighted by atomic mass is 9.98. The van der Waals surface area contributed by atoms with E-state index in [0.29, 0.717) is 19.4 Å².